The number of aryl methyl sites for hydroxylation is 1. The lowest BCUT2D eigenvalue weighted by Crippen LogP contribution is -2.06. The van der Waals surface area contributed by atoms with Crippen LogP contribution in [0.15, 0.2) is 0 Å². The SMILES string of the molecule is O=S(=O)(O)CCc1nn[c]s1. The van der Waals surface area contributed by atoms with E-state index in [-0.39, 0.29) is 12.2 Å². The quantitative estimate of drug-likeness (QED) is 0.670. The summed E-state index contributed by atoms with van der Waals surface area (Å²) in [7, 11) is -3.88. The van der Waals surface area contributed by atoms with Crippen molar-refractivity contribution in [3.63, 3.8) is 0 Å². The Morgan fingerprint density at radius 3 is 2.82 bits per heavy atom. The van der Waals surface area contributed by atoms with Crippen molar-refractivity contribution in [2.45, 2.75) is 6.42 Å². The average molecular weight is 193 g/mol. The standard InChI is InChI=1S/C4H5N2O3S2/c7-11(8,9)2-1-4-6-5-3-10-4/h1-2H2,(H,7,8,9). The molecule has 1 N–H and O–H groups in total. The second kappa shape index (κ2) is 3.24. The van der Waals surface area contributed by atoms with E-state index in [1.807, 2.05) is 0 Å². The minimum atomic E-state index is -3.88. The van der Waals surface area contributed by atoms with Gasteiger partial charge < -0.3 is 0 Å². The van der Waals surface area contributed by atoms with Crippen molar-refractivity contribution in [3.8, 4) is 0 Å². The van der Waals surface area contributed by atoms with Gasteiger partial charge in [0.15, 0.2) is 5.51 Å². The van der Waals surface area contributed by atoms with Gasteiger partial charge in [-0.2, -0.15) is 8.42 Å². The Kier molecular flexibility index (Phi) is 2.53. The molecule has 1 radical (unpaired) electrons. The fourth-order valence-electron chi connectivity index (χ4n) is 0.487. The first-order chi connectivity index (χ1) is 5.08. The first kappa shape index (κ1) is 8.57. The largest absolute Gasteiger partial charge is 0.286 e. The van der Waals surface area contributed by atoms with Crippen LogP contribution in [0.3, 0.4) is 0 Å². The number of aromatic nitrogens is 2. The summed E-state index contributed by atoms with van der Waals surface area (Å²) in [5, 5.41) is 7.50. The molecule has 1 aromatic heterocycles. The van der Waals surface area contributed by atoms with E-state index in [9.17, 15) is 8.42 Å². The van der Waals surface area contributed by atoms with E-state index >= 15 is 0 Å². The van der Waals surface area contributed by atoms with Crippen molar-refractivity contribution in [1.29, 1.82) is 0 Å². The van der Waals surface area contributed by atoms with Crippen LogP contribution in [0.2, 0.25) is 0 Å². The molecule has 0 aliphatic rings. The Morgan fingerprint density at radius 2 is 2.36 bits per heavy atom. The summed E-state index contributed by atoms with van der Waals surface area (Å²) in [6, 6.07) is 0. The Hall–Kier alpha value is -0.530. The number of hydrogen-bond donors (Lipinski definition) is 1. The van der Waals surface area contributed by atoms with Crippen LogP contribution in [0, 0.1) is 5.51 Å². The van der Waals surface area contributed by atoms with Crippen LogP contribution >= 0.6 is 11.3 Å². The highest BCUT2D eigenvalue weighted by atomic mass is 32.2. The Labute approximate surface area is 67.8 Å². The molecule has 0 aliphatic carbocycles. The molecule has 0 spiro atoms. The average Bonchev–Trinajstić information content (AvgIpc) is 2.32. The predicted molar refractivity (Wildman–Crippen MR) is 38.9 cm³/mol. The molecule has 1 heterocycles. The molecule has 1 aromatic rings. The third-order valence-corrected chi connectivity index (χ3v) is 2.35. The van der Waals surface area contributed by atoms with Crippen molar-refractivity contribution in [2.75, 3.05) is 5.75 Å². The van der Waals surface area contributed by atoms with Crippen molar-refractivity contribution >= 4 is 21.5 Å². The fourth-order valence-corrected chi connectivity index (χ4v) is 1.54. The van der Waals surface area contributed by atoms with E-state index in [4.69, 9.17) is 4.55 Å². The summed E-state index contributed by atoms with van der Waals surface area (Å²) in [6.07, 6.45) is 0.194. The molecule has 7 heteroatoms. The molecule has 0 aromatic carbocycles. The number of rotatable bonds is 3. The molecule has 0 amide bonds. The second-order valence-electron chi connectivity index (χ2n) is 1.82. The highest BCUT2D eigenvalue weighted by molar-refractivity contribution is 7.85. The normalized spacial score (nSPS) is 11.7. The van der Waals surface area contributed by atoms with Crippen molar-refractivity contribution in [3.05, 3.63) is 10.5 Å². The second-order valence-corrected chi connectivity index (χ2v) is 4.25. The van der Waals surface area contributed by atoms with E-state index in [1.54, 1.807) is 0 Å². The van der Waals surface area contributed by atoms with Crippen LogP contribution in [-0.4, -0.2) is 28.9 Å². The molecular weight excluding hydrogens is 188 g/mol. The van der Waals surface area contributed by atoms with Crippen molar-refractivity contribution in [2.24, 2.45) is 0 Å². The maximum absolute atomic E-state index is 10.2. The molecular formula is C4H5N2O3S2. The predicted octanol–water partition coefficient (Wildman–Crippen LogP) is -0.231. The van der Waals surface area contributed by atoms with Gasteiger partial charge in [-0.05, 0) is 0 Å². The highest BCUT2D eigenvalue weighted by Gasteiger charge is 2.06. The maximum atomic E-state index is 10.2. The molecule has 0 aliphatic heterocycles. The molecule has 0 saturated heterocycles. The van der Waals surface area contributed by atoms with Gasteiger partial charge in [-0.1, -0.05) is 11.3 Å². The molecule has 0 saturated carbocycles. The van der Waals surface area contributed by atoms with Crippen LogP contribution in [0.4, 0.5) is 0 Å². The van der Waals surface area contributed by atoms with Gasteiger partial charge in [0.1, 0.15) is 5.01 Å². The molecule has 61 valence electrons. The number of nitrogens with zero attached hydrogens (tertiary/aromatic N) is 2. The minimum Gasteiger partial charge on any atom is -0.286 e. The fraction of sp³-hybridized carbons (Fsp3) is 0.500. The van der Waals surface area contributed by atoms with Crippen LogP contribution < -0.4 is 0 Å². The summed E-state index contributed by atoms with van der Waals surface area (Å²) >= 11 is 1.14. The third kappa shape index (κ3) is 3.40. The molecule has 11 heavy (non-hydrogen) atoms. The first-order valence-electron chi connectivity index (χ1n) is 2.71. The van der Waals surface area contributed by atoms with E-state index in [2.05, 4.69) is 15.7 Å². The van der Waals surface area contributed by atoms with E-state index < -0.39 is 10.1 Å². The van der Waals surface area contributed by atoms with Gasteiger partial charge >= 0.3 is 0 Å². The zero-order chi connectivity index (χ0) is 8.32. The van der Waals surface area contributed by atoms with Gasteiger partial charge in [0, 0.05) is 6.42 Å². The Balaban J connectivity index is 2.48. The van der Waals surface area contributed by atoms with Gasteiger partial charge in [-0.25, -0.2) is 0 Å². The zero-order valence-corrected chi connectivity index (χ0v) is 7.02. The van der Waals surface area contributed by atoms with Gasteiger partial charge in [-0.15, -0.1) is 10.2 Å². The molecule has 0 unspecified atom stereocenters. The van der Waals surface area contributed by atoms with Crippen molar-refractivity contribution < 1.29 is 13.0 Å². The lowest BCUT2D eigenvalue weighted by molar-refractivity contribution is 0.482. The molecule has 0 fully saturated rings. The first-order valence-corrected chi connectivity index (χ1v) is 5.14. The van der Waals surface area contributed by atoms with Gasteiger partial charge in [0.05, 0.1) is 5.75 Å². The van der Waals surface area contributed by atoms with Crippen LogP contribution in [0.25, 0.3) is 0 Å². The summed E-state index contributed by atoms with van der Waals surface area (Å²) < 4.78 is 28.8. The summed E-state index contributed by atoms with van der Waals surface area (Å²) in [5.41, 5.74) is 2.47. The topological polar surface area (TPSA) is 80.2 Å². The van der Waals surface area contributed by atoms with Gasteiger partial charge in [0.2, 0.25) is 0 Å². The maximum Gasteiger partial charge on any atom is 0.265 e. The monoisotopic (exact) mass is 193 g/mol. The summed E-state index contributed by atoms with van der Waals surface area (Å²) in [6.45, 7) is 0. The van der Waals surface area contributed by atoms with Crippen molar-refractivity contribution in [1.82, 2.24) is 10.2 Å². The highest BCUT2D eigenvalue weighted by Crippen LogP contribution is 2.02. The van der Waals surface area contributed by atoms with Gasteiger partial charge in [0.25, 0.3) is 10.1 Å². The lowest BCUT2D eigenvalue weighted by Gasteiger charge is -1.90. The Bertz CT molecular complexity index is 304. The van der Waals surface area contributed by atoms with E-state index in [1.165, 1.54) is 0 Å². The molecule has 0 bridgehead atoms. The summed E-state index contributed by atoms with van der Waals surface area (Å²) in [4.78, 5) is 0. The Morgan fingerprint density at radius 1 is 1.64 bits per heavy atom. The van der Waals surface area contributed by atoms with E-state index in [0.29, 0.717) is 5.01 Å². The van der Waals surface area contributed by atoms with Crippen LogP contribution in [-0.2, 0) is 16.5 Å². The van der Waals surface area contributed by atoms with E-state index in [0.717, 1.165) is 11.3 Å². The third-order valence-electron chi connectivity index (χ3n) is 0.940. The summed E-state index contributed by atoms with van der Waals surface area (Å²) in [5.74, 6) is -0.309. The van der Waals surface area contributed by atoms with Crippen LogP contribution in [0.5, 0.6) is 0 Å². The van der Waals surface area contributed by atoms with Gasteiger partial charge in [-0.3, -0.25) is 4.55 Å². The molecule has 5 nitrogen and oxygen atoms in total. The zero-order valence-electron chi connectivity index (χ0n) is 5.39. The number of hydrogen-bond acceptors (Lipinski definition) is 5. The van der Waals surface area contributed by atoms with Crippen LogP contribution in [0.1, 0.15) is 5.01 Å². The molecule has 0 atom stereocenters. The smallest absolute Gasteiger partial charge is 0.265 e. The molecule has 1 rings (SSSR count). The minimum absolute atomic E-state index is 0.194. The lowest BCUT2D eigenvalue weighted by atomic mass is 10.5.